The summed E-state index contributed by atoms with van der Waals surface area (Å²) in [5.74, 6) is -0.263. The van der Waals surface area contributed by atoms with Gasteiger partial charge in [0.15, 0.2) is 0 Å². The Kier molecular flexibility index (Phi) is 3.13. The molecule has 3 nitrogen and oxygen atoms in total. The monoisotopic (exact) mass is 180 g/mol. The zero-order chi connectivity index (χ0) is 8.43. The molecule has 0 radical (unpaired) electrons. The Bertz CT molecular complexity index is 131. The van der Waals surface area contributed by atoms with E-state index in [2.05, 4.69) is 0 Å². The maximum absolute atomic E-state index is 9.29. The van der Waals surface area contributed by atoms with Gasteiger partial charge in [0.2, 0.25) is 0 Å². The van der Waals surface area contributed by atoms with Gasteiger partial charge in [-0.05, 0) is 12.8 Å². The van der Waals surface area contributed by atoms with Gasteiger partial charge in [0, 0.05) is 17.9 Å². The number of alkyl halides is 1. The quantitative estimate of drug-likeness (QED) is 0.487. The highest BCUT2D eigenvalue weighted by atomic mass is 35.5. The van der Waals surface area contributed by atoms with Crippen LogP contribution in [0.1, 0.15) is 12.8 Å². The van der Waals surface area contributed by atoms with Crippen LogP contribution in [0.2, 0.25) is 0 Å². The minimum absolute atomic E-state index is 0.110. The number of halogens is 1. The van der Waals surface area contributed by atoms with Crippen molar-refractivity contribution in [2.75, 3.05) is 6.61 Å². The fourth-order valence-corrected chi connectivity index (χ4v) is 1.87. The molecule has 1 aliphatic carbocycles. The van der Waals surface area contributed by atoms with Crippen LogP contribution in [-0.2, 0) is 0 Å². The summed E-state index contributed by atoms with van der Waals surface area (Å²) in [6.45, 7) is -0.110. The third kappa shape index (κ3) is 2.06. The first kappa shape index (κ1) is 9.26. The van der Waals surface area contributed by atoms with Gasteiger partial charge in [-0.15, -0.1) is 11.6 Å². The molecule has 0 bridgehead atoms. The molecule has 1 saturated carbocycles. The van der Waals surface area contributed by atoms with E-state index in [1.54, 1.807) is 0 Å². The molecule has 0 heterocycles. The van der Waals surface area contributed by atoms with Crippen molar-refractivity contribution in [1.82, 2.24) is 0 Å². The first-order valence-electron chi connectivity index (χ1n) is 3.76. The summed E-state index contributed by atoms with van der Waals surface area (Å²) in [5.41, 5.74) is 0. The molecule has 0 spiro atoms. The van der Waals surface area contributed by atoms with Crippen molar-refractivity contribution >= 4 is 11.6 Å². The number of aliphatic hydroxyl groups excluding tert-OH is 3. The minimum Gasteiger partial charge on any atom is -0.396 e. The fourth-order valence-electron chi connectivity index (χ4n) is 1.46. The molecule has 4 atom stereocenters. The normalized spacial score (nSPS) is 45.8. The molecule has 1 rings (SSSR count). The molecule has 3 N–H and O–H groups in total. The van der Waals surface area contributed by atoms with Gasteiger partial charge in [-0.25, -0.2) is 0 Å². The second-order valence-corrected chi connectivity index (χ2v) is 3.69. The lowest BCUT2D eigenvalue weighted by molar-refractivity contribution is -0.0572. The van der Waals surface area contributed by atoms with Crippen molar-refractivity contribution in [3.8, 4) is 0 Å². The lowest BCUT2D eigenvalue weighted by Crippen LogP contribution is -2.42. The van der Waals surface area contributed by atoms with Crippen LogP contribution in [0.5, 0.6) is 0 Å². The molecule has 0 amide bonds. The molecule has 1 fully saturated rings. The van der Waals surface area contributed by atoms with Crippen LogP contribution in [0, 0.1) is 5.92 Å². The van der Waals surface area contributed by atoms with Gasteiger partial charge >= 0.3 is 0 Å². The average Bonchev–Trinajstić information content (AvgIpc) is 1.96. The maximum Gasteiger partial charge on any atom is 0.0850 e. The molecule has 0 aromatic rings. The largest absolute Gasteiger partial charge is 0.396 e. The second-order valence-electron chi connectivity index (χ2n) is 3.07. The van der Waals surface area contributed by atoms with E-state index < -0.39 is 12.2 Å². The summed E-state index contributed by atoms with van der Waals surface area (Å²) >= 11 is 5.77. The van der Waals surface area contributed by atoms with Crippen molar-refractivity contribution < 1.29 is 15.3 Å². The Morgan fingerprint density at radius 3 is 2.45 bits per heavy atom. The number of hydrogen-bond acceptors (Lipinski definition) is 3. The van der Waals surface area contributed by atoms with E-state index in [9.17, 15) is 10.2 Å². The Balaban J connectivity index is 2.51. The van der Waals surface area contributed by atoms with Crippen LogP contribution >= 0.6 is 11.6 Å². The molecule has 66 valence electrons. The Hall–Kier alpha value is 0.170. The van der Waals surface area contributed by atoms with Crippen molar-refractivity contribution in [1.29, 1.82) is 0 Å². The smallest absolute Gasteiger partial charge is 0.0850 e. The number of hydrogen-bond donors (Lipinski definition) is 3. The summed E-state index contributed by atoms with van der Waals surface area (Å²) in [6.07, 6.45) is -0.589. The summed E-state index contributed by atoms with van der Waals surface area (Å²) in [5, 5.41) is 27.1. The van der Waals surface area contributed by atoms with Crippen LogP contribution in [-0.4, -0.2) is 39.5 Å². The van der Waals surface area contributed by atoms with Gasteiger partial charge < -0.3 is 15.3 Å². The predicted octanol–water partition coefficient (Wildman–Crippen LogP) is -0.282. The SMILES string of the molecule is OCC1CC(Cl)CC(O)C1O. The molecule has 4 unspecified atom stereocenters. The van der Waals surface area contributed by atoms with E-state index in [1.807, 2.05) is 0 Å². The van der Waals surface area contributed by atoms with Gasteiger partial charge in [0.1, 0.15) is 0 Å². The molecule has 11 heavy (non-hydrogen) atoms. The van der Waals surface area contributed by atoms with Crippen LogP contribution in [0.4, 0.5) is 0 Å². The van der Waals surface area contributed by atoms with Gasteiger partial charge in [-0.1, -0.05) is 0 Å². The highest BCUT2D eigenvalue weighted by Crippen LogP contribution is 2.28. The van der Waals surface area contributed by atoms with Crippen molar-refractivity contribution in [2.45, 2.75) is 30.4 Å². The summed E-state index contributed by atoms with van der Waals surface area (Å²) in [7, 11) is 0. The molecule has 0 saturated heterocycles. The molecular formula is C7H13ClO3. The fraction of sp³-hybridized carbons (Fsp3) is 1.00. The van der Waals surface area contributed by atoms with Crippen molar-refractivity contribution in [3.05, 3.63) is 0 Å². The van der Waals surface area contributed by atoms with Crippen molar-refractivity contribution in [2.24, 2.45) is 5.92 Å². The number of rotatable bonds is 1. The summed E-state index contributed by atoms with van der Waals surface area (Å²) < 4.78 is 0. The van der Waals surface area contributed by atoms with E-state index in [4.69, 9.17) is 16.7 Å². The maximum atomic E-state index is 9.29. The first-order valence-corrected chi connectivity index (χ1v) is 4.20. The third-order valence-electron chi connectivity index (χ3n) is 2.17. The molecular weight excluding hydrogens is 168 g/mol. The Morgan fingerprint density at radius 1 is 1.27 bits per heavy atom. The topological polar surface area (TPSA) is 60.7 Å². The Labute approximate surface area is 70.6 Å². The van der Waals surface area contributed by atoms with Crippen LogP contribution in [0.25, 0.3) is 0 Å². The van der Waals surface area contributed by atoms with E-state index >= 15 is 0 Å². The molecule has 0 aromatic carbocycles. The zero-order valence-corrected chi connectivity index (χ0v) is 6.91. The minimum atomic E-state index is -0.810. The van der Waals surface area contributed by atoms with Crippen LogP contribution in [0.3, 0.4) is 0 Å². The van der Waals surface area contributed by atoms with Gasteiger partial charge in [0.05, 0.1) is 12.2 Å². The van der Waals surface area contributed by atoms with Gasteiger partial charge in [-0.3, -0.25) is 0 Å². The number of aliphatic hydroxyl groups is 3. The Morgan fingerprint density at radius 2 is 1.91 bits per heavy atom. The van der Waals surface area contributed by atoms with Crippen LogP contribution < -0.4 is 0 Å². The van der Waals surface area contributed by atoms with E-state index in [0.717, 1.165) is 0 Å². The average molecular weight is 181 g/mol. The first-order chi connectivity index (χ1) is 5.15. The third-order valence-corrected chi connectivity index (χ3v) is 2.52. The molecule has 0 aromatic heterocycles. The lowest BCUT2D eigenvalue weighted by atomic mass is 9.85. The van der Waals surface area contributed by atoms with E-state index in [0.29, 0.717) is 12.8 Å². The molecule has 1 aliphatic rings. The standard InChI is InChI=1S/C7H13ClO3/c8-5-1-4(3-9)7(11)6(10)2-5/h4-7,9-11H,1-3H2. The second kappa shape index (κ2) is 3.72. The van der Waals surface area contributed by atoms with Crippen LogP contribution in [0.15, 0.2) is 0 Å². The van der Waals surface area contributed by atoms with E-state index in [-0.39, 0.29) is 17.9 Å². The highest BCUT2D eigenvalue weighted by Gasteiger charge is 2.34. The summed E-state index contributed by atoms with van der Waals surface area (Å²) in [4.78, 5) is 0. The van der Waals surface area contributed by atoms with Crippen molar-refractivity contribution in [3.63, 3.8) is 0 Å². The molecule has 0 aliphatic heterocycles. The van der Waals surface area contributed by atoms with E-state index in [1.165, 1.54) is 0 Å². The van der Waals surface area contributed by atoms with Gasteiger partial charge in [0.25, 0.3) is 0 Å². The zero-order valence-electron chi connectivity index (χ0n) is 6.15. The lowest BCUT2D eigenvalue weighted by Gasteiger charge is -2.33. The molecule has 4 heteroatoms. The highest BCUT2D eigenvalue weighted by molar-refractivity contribution is 6.20. The summed E-state index contributed by atoms with van der Waals surface area (Å²) in [6, 6.07) is 0. The van der Waals surface area contributed by atoms with Gasteiger partial charge in [-0.2, -0.15) is 0 Å². The predicted molar refractivity (Wildman–Crippen MR) is 41.5 cm³/mol.